The minimum absolute atomic E-state index is 0.0411. The molecule has 0 bridgehead atoms. The van der Waals surface area contributed by atoms with E-state index >= 15 is 4.39 Å². The smallest absolute Gasteiger partial charge is 0.318 e. The van der Waals surface area contributed by atoms with Crippen LogP contribution in [0, 0.1) is 11.7 Å². The number of nitrogens with zero attached hydrogens (tertiary/aromatic N) is 7. The normalized spacial score (nSPS) is 23.8. The summed E-state index contributed by atoms with van der Waals surface area (Å²) in [6.07, 6.45) is 1.40. The van der Waals surface area contributed by atoms with Gasteiger partial charge in [0.1, 0.15) is 23.7 Å². The van der Waals surface area contributed by atoms with Crippen molar-refractivity contribution in [2.75, 3.05) is 25.0 Å². The van der Waals surface area contributed by atoms with E-state index in [2.05, 4.69) is 30.6 Å². The standard InChI is InChI=1S/C38H38F5N9O4/c1-49-34-24(3-2-4-30(34)52(37(49)56)31-9-10-33(53)47-36(31)55)23-11-12-50(19-26(23)40)17-20-5-7-22(8-6-20)51-18-21-13-28(25(39)14-27(21)48-51)46-35(54)29-15-44-16-32(45-29)38(41,42)43/h2-4,13-16,18,20,22-23,26,31H,5-12,17,19H2,1H3,(H,46,54)(H,47,53,55)/t20?,22?,23-,26+,31?/m0/s1. The summed E-state index contributed by atoms with van der Waals surface area (Å²) < 4.78 is 74.9. The fraction of sp³-hybridized carbons (Fsp3) is 0.447. The van der Waals surface area contributed by atoms with Crippen LogP contribution in [0.5, 0.6) is 0 Å². The van der Waals surface area contributed by atoms with Crippen molar-refractivity contribution in [3.63, 3.8) is 0 Å². The fourth-order valence-corrected chi connectivity index (χ4v) is 8.59. The minimum Gasteiger partial charge on any atom is -0.318 e. The lowest BCUT2D eigenvalue weighted by Crippen LogP contribution is -2.44. The summed E-state index contributed by atoms with van der Waals surface area (Å²) in [5.41, 5.74) is -0.330. The molecule has 2 N–H and O–H groups in total. The molecule has 0 radical (unpaired) electrons. The van der Waals surface area contributed by atoms with Crippen molar-refractivity contribution in [1.82, 2.24) is 39.1 Å². The molecule has 3 atom stereocenters. The zero-order valence-corrected chi connectivity index (χ0v) is 30.2. The first-order valence-electron chi connectivity index (χ1n) is 18.5. The molecule has 5 heterocycles. The highest BCUT2D eigenvalue weighted by Gasteiger charge is 2.37. The van der Waals surface area contributed by atoms with Crippen LogP contribution in [0.1, 0.15) is 84.7 Å². The lowest BCUT2D eigenvalue weighted by molar-refractivity contribution is -0.141. The SMILES string of the molecule is Cn1c(=O)n(C2CCC(=O)NC2=O)c2cccc([C@@H]3CCN(CC4CCC(n5cc6cc(NC(=O)c7cncc(C(F)(F)F)n7)c(F)cc6n5)CC4)C[C@H]3F)c21. The highest BCUT2D eigenvalue weighted by molar-refractivity contribution is 6.04. The van der Waals surface area contributed by atoms with Crippen molar-refractivity contribution in [3.8, 4) is 0 Å². The fourth-order valence-electron chi connectivity index (χ4n) is 8.59. The Morgan fingerprint density at radius 3 is 2.55 bits per heavy atom. The summed E-state index contributed by atoms with van der Waals surface area (Å²) in [6.45, 7) is 1.66. The molecule has 2 aromatic carbocycles. The van der Waals surface area contributed by atoms with Crippen molar-refractivity contribution < 1.29 is 36.3 Å². The Labute approximate surface area is 315 Å². The molecule has 3 aliphatic rings. The molecule has 0 spiro atoms. The summed E-state index contributed by atoms with van der Waals surface area (Å²) in [5, 5.41) is 9.71. The molecular weight excluding hydrogens is 741 g/mol. The number of alkyl halides is 4. The second-order valence-electron chi connectivity index (χ2n) is 15.0. The average molecular weight is 780 g/mol. The number of anilines is 1. The summed E-state index contributed by atoms with van der Waals surface area (Å²) in [6, 6.07) is 7.16. The molecule has 56 heavy (non-hydrogen) atoms. The van der Waals surface area contributed by atoms with Crippen LogP contribution < -0.4 is 16.3 Å². The molecule has 1 aliphatic carbocycles. The quantitative estimate of drug-likeness (QED) is 0.164. The third kappa shape index (κ3) is 7.05. The van der Waals surface area contributed by atoms with E-state index < -0.39 is 53.3 Å². The van der Waals surface area contributed by atoms with Crippen LogP contribution in [-0.4, -0.2) is 77.3 Å². The van der Waals surface area contributed by atoms with Crippen molar-refractivity contribution >= 4 is 45.3 Å². The van der Waals surface area contributed by atoms with Gasteiger partial charge in [-0.05, 0) is 68.7 Å². The predicted molar refractivity (Wildman–Crippen MR) is 193 cm³/mol. The molecule has 1 saturated carbocycles. The highest BCUT2D eigenvalue weighted by atomic mass is 19.4. The Morgan fingerprint density at radius 2 is 1.82 bits per heavy atom. The monoisotopic (exact) mass is 779 g/mol. The molecule has 1 unspecified atom stereocenters. The largest absolute Gasteiger partial charge is 0.434 e. The van der Waals surface area contributed by atoms with Crippen molar-refractivity contribution in [1.29, 1.82) is 0 Å². The number of aryl methyl sites for hydroxylation is 1. The number of para-hydroxylation sites is 1. The van der Waals surface area contributed by atoms with Gasteiger partial charge in [0, 0.05) is 50.1 Å². The molecule has 3 amide bonds. The number of imide groups is 1. The van der Waals surface area contributed by atoms with E-state index in [9.17, 15) is 36.7 Å². The molecule has 8 rings (SSSR count). The number of aromatic nitrogens is 6. The van der Waals surface area contributed by atoms with Gasteiger partial charge in [-0.25, -0.2) is 18.6 Å². The van der Waals surface area contributed by atoms with E-state index in [4.69, 9.17) is 0 Å². The van der Waals surface area contributed by atoms with E-state index in [1.54, 1.807) is 30.1 Å². The van der Waals surface area contributed by atoms with E-state index in [0.717, 1.165) is 50.1 Å². The molecule has 294 valence electrons. The van der Waals surface area contributed by atoms with Gasteiger partial charge < -0.3 is 10.2 Å². The number of carbonyl (C=O) groups excluding carboxylic acids is 3. The first kappa shape index (κ1) is 37.4. The van der Waals surface area contributed by atoms with Crippen molar-refractivity contribution in [3.05, 3.63) is 82.2 Å². The Bertz CT molecular complexity index is 2420. The Balaban J connectivity index is 0.884. The number of hydrogen-bond donors (Lipinski definition) is 2. The molecule has 5 aromatic rings. The zero-order valence-electron chi connectivity index (χ0n) is 30.2. The number of fused-ring (bicyclic) bond motifs is 2. The lowest BCUT2D eigenvalue weighted by atomic mass is 9.83. The van der Waals surface area contributed by atoms with Gasteiger partial charge in [-0.3, -0.25) is 38.5 Å². The number of hydrogen-bond acceptors (Lipinski definition) is 8. The minimum atomic E-state index is -4.80. The number of halogens is 5. The predicted octanol–water partition coefficient (Wildman–Crippen LogP) is 5.43. The number of carbonyl (C=O) groups is 3. The maximum absolute atomic E-state index is 16.1. The Morgan fingerprint density at radius 1 is 1.04 bits per heavy atom. The number of likely N-dealkylation sites (tertiary alicyclic amines) is 1. The number of benzene rings is 2. The van der Waals surface area contributed by atoms with Gasteiger partial charge in [0.05, 0.1) is 40.7 Å². The van der Waals surface area contributed by atoms with E-state index in [0.29, 0.717) is 47.0 Å². The molecule has 13 nitrogen and oxygen atoms in total. The Hall–Kier alpha value is -5.52. The van der Waals surface area contributed by atoms with E-state index in [-0.39, 0.29) is 42.7 Å². The number of amides is 3. The maximum atomic E-state index is 16.1. The second kappa shape index (κ2) is 14.5. The topological polar surface area (TPSA) is 149 Å². The van der Waals surface area contributed by atoms with Gasteiger partial charge in [0.25, 0.3) is 5.91 Å². The van der Waals surface area contributed by atoms with Gasteiger partial charge >= 0.3 is 11.9 Å². The van der Waals surface area contributed by atoms with Gasteiger partial charge in [0.15, 0.2) is 5.69 Å². The zero-order chi connectivity index (χ0) is 39.5. The molecule has 3 aromatic heterocycles. The number of imidazole rings is 1. The van der Waals surface area contributed by atoms with Crippen LogP contribution in [0.15, 0.2) is 53.7 Å². The molecule has 18 heteroatoms. The van der Waals surface area contributed by atoms with Crippen LogP contribution >= 0.6 is 0 Å². The van der Waals surface area contributed by atoms with Gasteiger partial charge in [-0.2, -0.15) is 18.3 Å². The summed E-state index contributed by atoms with van der Waals surface area (Å²) in [4.78, 5) is 59.3. The average Bonchev–Trinajstić information content (AvgIpc) is 3.69. The summed E-state index contributed by atoms with van der Waals surface area (Å²) in [7, 11) is 1.63. The second-order valence-corrected chi connectivity index (χ2v) is 15.0. The van der Waals surface area contributed by atoms with Gasteiger partial charge in [0.2, 0.25) is 11.8 Å². The van der Waals surface area contributed by atoms with Crippen molar-refractivity contribution in [2.24, 2.45) is 13.0 Å². The Kier molecular flexibility index (Phi) is 9.70. The maximum Gasteiger partial charge on any atom is 0.434 e. The van der Waals surface area contributed by atoms with Crippen LogP contribution in [0.3, 0.4) is 0 Å². The van der Waals surface area contributed by atoms with Crippen LogP contribution in [-0.2, 0) is 22.8 Å². The first-order chi connectivity index (χ1) is 26.7. The third-order valence-corrected chi connectivity index (χ3v) is 11.4. The molecule has 3 fully saturated rings. The van der Waals surface area contributed by atoms with Crippen LogP contribution in [0.2, 0.25) is 0 Å². The van der Waals surface area contributed by atoms with E-state index in [1.165, 1.54) is 15.2 Å². The van der Waals surface area contributed by atoms with Crippen LogP contribution in [0.4, 0.5) is 27.6 Å². The van der Waals surface area contributed by atoms with Gasteiger partial charge in [-0.1, -0.05) is 12.1 Å². The summed E-state index contributed by atoms with van der Waals surface area (Å²) in [5.74, 6) is -2.83. The number of nitrogens with one attached hydrogen (secondary N) is 2. The lowest BCUT2D eigenvalue weighted by Gasteiger charge is -2.38. The summed E-state index contributed by atoms with van der Waals surface area (Å²) >= 11 is 0. The molecule has 2 aliphatic heterocycles. The molecule has 2 saturated heterocycles. The van der Waals surface area contributed by atoms with E-state index in [1.807, 2.05) is 6.07 Å². The molecular formula is C38H38F5N9O4. The number of rotatable bonds is 7. The first-order valence-corrected chi connectivity index (χ1v) is 18.5. The number of piperidine rings is 2. The third-order valence-electron chi connectivity index (χ3n) is 11.4. The van der Waals surface area contributed by atoms with Gasteiger partial charge in [-0.15, -0.1) is 0 Å². The highest BCUT2D eigenvalue weighted by Crippen LogP contribution is 2.38. The van der Waals surface area contributed by atoms with Crippen molar-refractivity contribution in [2.45, 2.75) is 75.3 Å². The van der Waals surface area contributed by atoms with Crippen LogP contribution in [0.25, 0.3) is 21.9 Å².